The molecule has 0 bridgehead atoms. The van der Waals surface area contributed by atoms with Crippen LogP contribution in [0.25, 0.3) is 11.0 Å². The van der Waals surface area contributed by atoms with Gasteiger partial charge in [0.05, 0.1) is 18.4 Å². The van der Waals surface area contributed by atoms with Crippen molar-refractivity contribution >= 4 is 26.9 Å². The molecule has 0 saturated heterocycles. The Hall–Kier alpha value is -2.64. The predicted octanol–water partition coefficient (Wildman–Crippen LogP) is 2.96. The number of nitrogens with one attached hydrogen (secondary N) is 2. The Bertz CT molecular complexity index is 1100. The molecular formula is C21H24N2O4S. The molecule has 3 aromatic rings. The van der Waals surface area contributed by atoms with E-state index in [1.807, 2.05) is 38.1 Å². The summed E-state index contributed by atoms with van der Waals surface area (Å²) >= 11 is 0. The Morgan fingerprint density at radius 2 is 1.71 bits per heavy atom. The molecule has 7 heteroatoms. The maximum absolute atomic E-state index is 12.3. The van der Waals surface area contributed by atoms with E-state index in [0.29, 0.717) is 12.1 Å². The number of benzene rings is 2. The first kappa shape index (κ1) is 20.1. The summed E-state index contributed by atoms with van der Waals surface area (Å²) in [7, 11) is -1.90. The van der Waals surface area contributed by atoms with Crippen LogP contribution >= 0.6 is 0 Å². The second-order valence-corrected chi connectivity index (χ2v) is 8.80. The summed E-state index contributed by atoms with van der Waals surface area (Å²) in [5.74, 6) is -0.162. The number of aryl methyl sites for hydroxylation is 2. The zero-order valence-corrected chi connectivity index (χ0v) is 17.0. The largest absolute Gasteiger partial charge is 0.464 e. The Balaban J connectivity index is 1.60. The lowest BCUT2D eigenvalue weighted by Crippen LogP contribution is -2.24. The third kappa shape index (κ3) is 4.61. The number of furan rings is 1. The quantitative estimate of drug-likeness (QED) is 0.638. The smallest absolute Gasteiger partial charge is 0.224 e. The Morgan fingerprint density at radius 3 is 2.39 bits per heavy atom. The van der Waals surface area contributed by atoms with E-state index in [-0.39, 0.29) is 18.1 Å². The van der Waals surface area contributed by atoms with E-state index in [4.69, 9.17) is 4.42 Å². The molecular weight excluding hydrogens is 376 g/mol. The van der Waals surface area contributed by atoms with Crippen molar-refractivity contribution in [1.82, 2.24) is 10.0 Å². The molecule has 2 N–H and O–H groups in total. The maximum Gasteiger partial charge on any atom is 0.224 e. The molecule has 0 aliphatic heterocycles. The number of sulfonamides is 1. The van der Waals surface area contributed by atoms with Crippen LogP contribution in [0.5, 0.6) is 0 Å². The van der Waals surface area contributed by atoms with E-state index in [1.54, 1.807) is 18.4 Å². The van der Waals surface area contributed by atoms with Crippen molar-refractivity contribution in [3.05, 3.63) is 70.5 Å². The van der Waals surface area contributed by atoms with Gasteiger partial charge in [0, 0.05) is 17.5 Å². The summed E-state index contributed by atoms with van der Waals surface area (Å²) in [6.07, 6.45) is 1.89. The van der Waals surface area contributed by atoms with Crippen LogP contribution in [0.1, 0.15) is 27.8 Å². The fourth-order valence-corrected chi connectivity index (χ4v) is 3.78. The van der Waals surface area contributed by atoms with E-state index >= 15 is 0 Å². The van der Waals surface area contributed by atoms with Crippen LogP contribution in [0.4, 0.5) is 0 Å². The second kappa shape index (κ2) is 8.16. The summed E-state index contributed by atoms with van der Waals surface area (Å²) in [5, 5.41) is 3.86. The van der Waals surface area contributed by atoms with E-state index in [9.17, 15) is 13.2 Å². The zero-order chi connectivity index (χ0) is 20.3. The predicted molar refractivity (Wildman–Crippen MR) is 109 cm³/mol. The van der Waals surface area contributed by atoms with Gasteiger partial charge in [-0.25, -0.2) is 13.1 Å². The van der Waals surface area contributed by atoms with Crippen LogP contribution in [0.2, 0.25) is 0 Å². The standard InChI is InChI=1S/C21H24N2O4S/c1-14-4-9-19-18(12-27-21(19)15(14)2)10-20(24)23-11-16-5-7-17(8-6-16)13-28(25,26)22-3/h4-9,12,22H,10-11,13H2,1-3H3,(H,23,24). The molecule has 0 saturated carbocycles. The van der Waals surface area contributed by atoms with Crippen molar-refractivity contribution in [3.8, 4) is 0 Å². The van der Waals surface area contributed by atoms with Crippen LogP contribution in [0, 0.1) is 13.8 Å². The summed E-state index contributed by atoms with van der Waals surface area (Å²) in [4.78, 5) is 12.3. The Morgan fingerprint density at radius 1 is 1.04 bits per heavy atom. The van der Waals surface area contributed by atoms with Crippen molar-refractivity contribution in [2.24, 2.45) is 0 Å². The van der Waals surface area contributed by atoms with Gasteiger partial charge in [-0.3, -0.25) is 4.79 Å². The van der Waals surface area contributed by atoms with Crippen LogP contribution in [0.3, 0.4) is 0 Å². The SMILES string of the molecule is CNS(=O)(=O)Cc1ccc(CNC(=O)Cc2coc3c(C)c(C)ccc23)cc1. The van der Waals surface area contributed by atoms with Gasteiger partial charge in [0.15, 0.2) is 0 Å². The number of hydrogen-bond donors (Lipinski definition) is 2. The highest BCUT2D eigenvalue weighted by molar-refractivity contribution is 7.88. The third-order valence-electron chi connectivity index (χ3n) is 4.87. The van der Waals surface area contributed by atoms with Crippen molar-refractivity contribution in [2.45, 2.75) is 32.6 Å². The molecule has 28 heavy (non-hydrogen) atoms. The molecule has 3 rings (SSSR count). The van der Waals surface area contributed by atoms with E-state index in [2.05, 4.69) is 10.0 Å². The molecule has 0 radical (unpaired) electrons. The molecule has 1 amide bonds. The van der Waals surface area contributed by atoms with Gasteiger partial charge < -0.3 is 9.73 Å². The van der Waals surface area contributed by atoms with Gasteiger partial charge in [-0.2, -0.15) is 0 Å². The highest BCUT2D eigenvalue weighted by atomic mass is 32.2. The zero-order valence-electron chi connectivity index (χ0n) is 16.2. The van der Waals surface area contributed by atoms with Crippen LogP contribution in [-0.4, -0.2) is 21.4 Å². The lowest BCUT2D eigenvalue weighted by Gasteiger charge is -2.07. The minimum absolute atomic E-state index is 0.0669. The highest BCUT2D eigenvalue weighted by Gasteiger charge is 2.13. The molecule has 2 aromatic carbocycles. The first-order chi connectivity index (χ1) is 13.3. The summed E-state index contributed by atoms with van der Waals surface area (Å²) < 4.78 is 31.1. The van der Waals surface area contributed by atoms with Crippen molar-refractivity contribution in [1.29, 1.82) is 0 Å². The fraction of sp³-hybridized carbons (Fsp3) is 0.286. The molecule has 0 spiro atoms. The van der Waals surface area contributed by atoms with Gasteiger partial charge in [-0.1, -0.05) is 36.4 Å². The number of carbonyl (C=O) groups is 1. The lowest BCUT2D eigenvalue weighted by atomic mass is 10.0. The average molecular weight is 401 g/mol. The van der Waals surface area contributed by atoms with Crippen LogP contribution < -0.4 is 10.0 Å². The maximum atomic E-state index is 12.3. The molecule has 6 nitrogen and oxygen atoms in total. The number of amides is 1. The molecule has 148 valence electrons. The van der Waals surface area contributed by atoms with Gasteiger partial charge in [-0.15, -0.1) is 0 Å². The Kier molecular flexibility index (Phi) is 5.86. The number of hydrogen-bond acceptors (Lipinski definition) is 4. The molecule has 0 fully saturated rings. The normalized spacial score (nSPS) is 11.7. The molecule has 0 atom stereocenters. The van der Waals surface area contributed by atoms with Gasteiger partial charge in [0.1, 0.15) is 5.58 Å². The first-order valence-corrected chi connectivity index (χ1v) is 10.7. The number of fused-ring (bicyclic) bond motifs is 1. The molecule has 1 aromatic heterocycles. The van der Waals surface area contributed by atoms with Gasteiger partial charge in [-0.05, 0) is 43.1 Å². The van der Waals surface area contributed by atoms with Crippen molar-refractivity contribution in [2.75, 3.05) is 7.05 Å². The molecule has 0 unspecified atom stereocenters. The summed E-state index contributed by atoms with van der Waals surface area (Å²) in [6, 6.07) is 11.2. The van der Waals surface area contributed by atoms with Gasteiger partial charge >= 0.3 is 0 Å². The first-order valence-electron chi connectivity index (χ1n) is 9.01. The van der Waals surface area contributed by atoms with Gasteiger partial charge in [0.2, 0.25) is 15.9 Å². The number of carbonyl (C=O) groups excluding carboxylic acids is 1. The minimum Gasteiger partial charge on any atom is -0.464 e. The Labute approximate surface area is 165 Å². The van der Waals surface area contributed by atoms with E-state index in [0.717, 1.165) is 33.2 Å². The summed E-state index contributed by atoms with van der Waals surface area (Å²) in [6.45, 7) is 4.42. The molecule has 0 aliphatic rings. The van der Waals surface area contributed by atoms with E-state index < -0.39 is 10.0 Å². The minimum atomic E-state index is -3.29. The highest BCUT2D eigenvalue weighted by Crippen LogP contribution is 2.26. The third-order valence-corrected chi connectivity index (χ3v) is 6.21. The topological polar surface area (TPSA) is 88.4 Å². The van der Waals surface area contributed by atoms with Gasteiger partial charge in [0.25, 0.3) is 0 Å². The van der Waals surface area contributed by atoms with E-state index in [1.165, 1.54) is 7.05 Å². The average Bonchev–Trinajstić information content (AvgIpc) is 3.07. The van der Waals surface area contributed by atoms with Crippen LogP contribution in [0.15, 0.2) is 47.1 Å². The van der Waals surface area contributed by atoms with Crippen LogP contribution in [-0.2, 0) is 33.5 Å². The number of rotatable bonds is 7. The summed E-state index contributed by atoms with van der Waals surface area (Å²) in [5.41, 5.74) is 5.54. The fourth-order valence-electron chi connectivity index (χ4n) is 3.01. The molecule has 1 heterocycles. The monoisotopic (exact) mass is 400 g/mol. The van der Waals surface area contributed by atoms with Crippen molar-refractivity contribution < 1.29 is 17.6 Å². The second-order valence-electron chi connectivity index (χ2n) is 6.88. The lowest BCUT2D eigenvalue weighted by molar-refractivity contribution is -0.120. The molecule has 0 aliphatic carbocycles. The van der Waals surface area contributed by atoms with Crippen molar-refractivity contribution in [3.63, 3.8) is 0 Å².